The van der Waals surface area contributed by atoms with Crippen LogP contribution in [0, 0.1) is 3.57 Å². The second-order valence-electron chi connectivity index (χ2n) is 5.84. The molecule has 0 radical (unpaired) electrons. The number of pyridine rings is 1. The number of amides is 1. The molecular weight excluding hydrogens is 413 g/mol. The Balaban J connectivity index is 1.56. The molecule has 3 aromatic rings. The van der Waals surface area contributed by atoms with Gasteiger partial charge in [0.05, 0.1) is 0 Å². The summed E-state index contributed by atoms with van der Waals surface area (Å²) >= 11 is 2.24. The first-order chi connectivity index (χ1) is 11.7. The molecule has 24 heavy (non-hydrogen) atoms. The highest BCUT2D eigenvalue weighted by Gasteiger charge is 2.20. The smallest absolute Gasteiger partial charge is 0.254 e. The van der Waals surface area contributed by atoms with E-state index in [1.807, 2.05) is 41.4 Å². The summed E-state index contributed by atoms with van der Waals surface area (Å²) in [5.41, 5.74) is 4.14. The van der Waals surface area contributed by atoms with E-state index < -0.39 is 0 Å². The monoisotopic (exact) mass is 429 g/mol. The standard InChI is InChI=1S/C19H16IN3O/c20-15-4-1-3-14(11-15)19(24)23-9-6-13(7-10-23)17-12-22-18-16(17)5-2-8-21-18/h1-6,8,11-12H,7,9-10H2,(H,21,22). The number of fused-ring (bicyclic) bond motifs is 1. The molecule has 1 aromatic carbocycles. The average molecular weight is 429 g/mol. The summed E-state index contributed by atoms with van der Waals surface area (Å²) in [4.78, 5) is 22.1. The molecule has 4 rings (SSSR count). The number of rotatable bonds is 2. The molecule has 5 heteroatoms. The quantitative estimate of drug-likeness (QED) is 0.624. The van der Waals surface area contributed by atoms with Crippen molar-refractivity contribution in [1.82, 2.24) is 14.9 Å². The third kappa shape index (κ3) is 2.84. The van der Waals surface area contributed by atoms with Crippen LogP contribution in [0.5, 0.6) is 0 Å². The van der Waals surface area contributed by atoms with Gasteiger partial charge < -0.3 is 9.88 Å². The van der Waals surface area contributed by atoms with Crippen molar-refractivity contribution in [3.05, 3.63) is 69.6 Å². The van der Waals surface area contributed by atoms with E-state index >= 15 is 0 Å². The highest BCUT2D eigenvalue weighted by molar-refractivity contribution is 14.1. The third-order valence-electron chi connectivity index (χ3n) is 4.36. The number of carbonyl (C=O) groups is 1. The van der Waals surface area contributed by atoms with E-state index in [2.05, 4.69) is 44.7 Å². The van der Waals surface area contributed by atoms with Crippen LogP contribution in [-0.4, -0.2) is 33.9 Å². The van der Waals surface area contributed by atoms with Crippen LogP contribution in [0.2, 0.25) is 0 Å². The molecule has 1 N–H and O–H groups in total. The van der Waals surface area contributed by atoms with Gasteiger partial charge in [0, 0.05) is 45.6 Å². The first-order valence-electron chi connectivity index (χ1n) is 7.89. The number of benzene rings is 1. The van der Waals surface area contributed by atoms with Crippen molar-refractivity contribution in [2.75, 3.05) is 13.1 Å². The molecule has 0 unspecified atom stereocenters. The lowest BCUT2D eigenvalue weighted by molar-refractivity contribution is 0.0773. The molecule has 1 amide bonds. The number of carbonyl (C=O) groups excluding carboxylic acids is 1. The van der Waals surface area contributed by atoms with Crippen molar-refractivity contribution in [2.45, 2.75) is 6.42 Å². The van der Waals surface area contributed by atoms with E-state index in [1.54, 1.807) is 6.20 Å². The number of hydrogen-bond acceptors (Lipinski definition) is 2. The van der Waals surface area contributed by atoms with Crippen molar-refractivity contribution >= 4 is 45.1 Å². The predicted octanol–water partition coefficient (Wildman–Crippen LogP) is 4.10. The van der Waals surface area contributed by atoms with Crippen molar-refractivity contribution in [3.8, 4) is 0 Å². The maximum Gasteiger partial charge on any atom is 0.254 e. The molecule has 4 nitrogen and oxygen atoms in total. The zero-order valence-electron chi connectivity index (χ0n) is 13.0. The van der Waals surface area contributed by atoms with E-state index in [-0.39, 0.29) is 5.91 Å². The Labute approximate surface area is 153 Å². The third-order valence-corrected chi connectivity index (χ3v) is 5.04. The molecule has 0 bridgehead atoms. The fourth-order valence-electron chi connectivity index (χ4n) is 3.12. The van der Waals surface area contributed by atoms with E-state index in [4.69, 9.17) is 0 Å². The van der Waals surface area contributed by atoms with Gasteiger partial charge in [-0.1, -0.05) is 12.1 Å². The van der Waals surface area contributed by atoms with Crippen LogP contribution in [0.25, 0.3) is 16.6 Å². The molecular formula is C19H16IN3O. The summed E-state index contributed by atoms with van der Waals surface area (Å²) in [6.45, 7) is 1.38. The Bertz CT molecular complexity index is 944. The molecule has 120 valence electrons. The number of H-pyrrole nitrogens is 1. The molecule has 0 fully saturated rings. The molecule has 3 heterocycles. The van der Waals surface area contributed by atoms with E-state index in [0.29, 0.717) is 6.54 Å². The Morgan fingerprint density at radius 3 is 2.96 bits per heavy atom. The fourth-order valence-corrected chi connectivity index (χ4v) is 3.67. The van der Waals surface area contributed by atoms with Crippen LogP contribution in [-0.2, 0) is 0 Å². The number of aromatic amines is 1. The van der Waals surface area contributed by atoms with Crippen LogP contribution >= 0.6 is 22.6 Å². The van der Waals surface area contributed by atoms with Gasteiger partial charge in [0.2, 0.25) is 0 Å². The van der Waals surface area contributed by atoms with Crippen LogP contribution in [0.15, 0.2) is 54.9 Å². The maximum atomic E-state index is 12.6. The van der Waals surface area contributed by atoms with Crippen LogP contribution in [0.1, 0.15) is 22.3 Å². The van der Waals surface area contributed by atoms with Gasteiger partial charge in [0.15, 0.2) is 0 Å². The van der Waals surface area contributed by atoms with Gasteiger partial charge in [-0.3, -0.25) is 4.79 Å². The second kappa shape index (κ2) is 6.39. The summed E-state index contributed by atoms with van der Waals surface area (Å²) in [5, 5.41) is 1.14. The van der Waals surface area contributed by atoms with Crippen molar-refractivity contribution in [1.29, 1.82) is 0 Å². The topological polar surface area (TPSA) is 49.0 Å². The highest BCUT2D eigenvalue weighted by atomic mass is 127. The zero-order valence-corrected chi connectivity index (χ0v) is 15.2. The van der Waals surface area contributed by atoms with Gasteiger partial charge in [-0.15, -0.1) is 0 Å². The molecule has 0 spiro atoms. The lowest BCUT2D eigenvalue weighted by atomic mass is 9.99. The van der Waals surface area contributed by atoms with Gasteiger partial charge in [0.25, 0.3) is 5.91 Å². The second-order valence-corrected chi connectivity index (χ2v) is 7.09. The van der Waals surface area contributed by atoms with E-state index in [1.165, 1.54) is 11.1 Å². The predicted molar refractivity (Wildman–Crippen MR) is 104 cm³/mol. The van der Waals surface area contributed by atoms with Crippen LogP contribution < -0.4 is 0 Å². The molecule has 0 atom stereocenters. The van der Waals surface area contributed by atoms with Crippen molar-refractivity contribution < 1.29 is 4.79 Å². The summed E-state index contributed by atoms with van der Waals surface area (Å²) in [6, 6.07) is 11.8. The highest BCUT2D eigenvalue weighted by Crippen LogP contribution is 2.28. The largest absolute Gasteiger partial charge is 0.346 e. The Morgan fingerprint density at radius 2 is 2.17 bits per heavy atom. The minimum atomic E-state index is 0.101. The zero-order chi connectivity index (χ0) is 16.5. The first-order valence-corrected chi connectivity index (χ1v) is 8.96. The average Bonchev–Trinajstić information content (AvgIpc) is 3.05. The summed E-state index contributed by atoms with van der Waals surface area (Å²) in [6.07, 6.45) is 6.82. The molecule has 1 aliphatic heterocycles. The van der Waals surface area contributed by atoms with Gasteiger partial charge in [0.1, 0.15) is 5.65 Å². The minimum Gasteiger partial charge on any atom is -0.346 e. The minimum absolute atomic E-state index is 0.101. The van der Waals surface area contributed by atoms with Crippen molar-refractivity contribution in [3.63, 3.8) is 0 Å². The molecule has 0 saturated heterocycles. The van der Waals surface area contributed by atoms with Gasteiger partial charge in [-0.05, 0) is 64.9 Å². The maximum absolute atomic E-state index is 12.6. The number of hydrogen-bond donors (Lipinski definition) is 1. The lowest BCUT2D eigenvalue weighted by Crippen LogP contribution is -2.34. The number of halogens is 1. The summed E-state index contributed by atoms with van der Waals surface area (Å²) in [7, 11) is 0. The van der Waals surface area contributed by atoms with E-state index in [0.717, 1.165) is 33.1 Å². The molecule has 1 aliphatic rings. The Hall–Kier alpha value is -2.15. The lowest BCUT2D eigenvalue weighted by Gasteiger charge is -2.26. The van der Waals surface area contributed by atoms with Gasteiger partial charge in [-0.2, -0.15) is 0 Å². The first kappa shape index (κ1) is 15.4. The summed E-state index contributed by atoms with van der Waals surface area (Å²) in [5.74, 6) is 0.101. The molecule has 0 saturated carbocycles. The number of aromatic nitrogens is 2. The molecule has 0 aliphatic carbocycles. The number of nitrogens with zero attached hydrogens (tertiary/aromatic N) is 2. The Kier molecular flexibility index (Phi) is 4.10. The normalized spacial score (nSPS) is 14.7. The van der Waals surface area contributed by atoms with Gasteiger partial charge >= 0.3 is 0 Å². The van der Waals surface area contributed by atoms with Crippen molar-refractivity contribution in [2.24, 2.45) is 0 Å². The van der Waals surface area contributed by atoms with Crippen LogP contribution in [0.4, 0.5) is 0 Å². The Morgan fingerprint density at radius 1 is 1.25 bits per heavy atom. The van der Waals surface area contributed by atoms with E-state index in [9.17, 15) is 4.79 Å². The van der Waals surface area contributed by atoms with Gasteiger partial charge in [-0.25, -0.2) is 4.98 Å². The van der Waals surface area contributed by atoms with Crippen LogP contribution in [0.3, 0.4) is 0 Å². The fraction of sp³-hybridized carbons (Fsp3) is 0.158. The summed E-state index contributed by atoms with van der Waals surface area (Å²) < 4.78 is 1.08. The molecule has 2 aromatic heterocycles. The SMILES string of the molecule is O=C(c1cccc(I)c1)N1CC=C(c2c[nH]c3ncccc23)CC1. The number of nitrogens with one attached hydrogen (secondary N) is 1.